The van der Waals surface area contributed by atoms with Crippen molar-refractivity contribution in [2.75, 3.05) is 0 Å². The van der Waals surface area contributed by atoms with E-state index in [9.17, 15) is 0 Å². The molecular weight excluding hydrogens is 227 g/mol. The Labute approximate surface area is 100 Å². The van der Waals surface area contributed by atoms with Gasteiger partial charge in [-0.25, -0.2) is 0 Å². The first-order valence-corrected chi connectivity index (χ1v) is 2.19. The van der Waals surface area contributed by atoms with E-state index >= 15 is 0 Å². The van der Waals surface area contributed by atoms with Crippen molar-refractivity contribution in [2.45, 2.75) is 0 Å². The fraction of sp³-hybridized carbons (Fsp3) is 0. The van der Waals surface area contributed by atoms with E-state index in [2.05, 4.69) is 0 Å². The molecule has 0 aliphatic heterocycles. The van der Waals surface area contributed by atoms with E-state index in [-0.39, 0.29) is 74.6 Å². The van der Waals surface area contributed by atoms with Gasteiger partial charge in [0.2, 0.25) is 0 Å². The molecule has 0 aromatic carbocycles. The summed E-state index contributed by atoms with van der Waals surface area (Å²) in [5.41, 5.74) is 0. The van der Waals surface area contributed by atoms with Crippen molar-refractivity contribution in [1.29, 1.82) is 0 Å². The Hall–Kier alpha value is 2.53. The molecule has 0 fully saturated rings. The van der Waals surface area contributed by atoms with Crippen LogP contribution in [-0.2, 0) is 24.0 Å². The standard InChI is InChI=1S/Al.Ca.H3O4P.Zn/c;;1-5(2,3)4;/h;;(H3,1,2,3,4);/q+3;+2;;+2/p-3. The number of phosphoric acid groups is 1. The minimum absolute atomic E-state index is 0. The number of rotatable bonds is 0. The average Bonchev–Trinajstić information content (AvgIpc) is 0.722. The predicted molar refractivity (Wildman–Crippen MR) is 19.1 cm³/mol. The molecule has 0 aromatic rings. The van der Waals surface area contributed by atoms with Crippen LogP contribution in [0.25, 0.3) is 0 Å². The van der Waals surface area contributed by atoms with Crippen molar-refractivity contribution in [1.82, 2.24) is 0 Å². The molecule has 0 spiro atoms. The summed E-state index contributed by atoms with van der Waals surface area (Å²) in [4.78, 5) is 25.6. The Bertz CT molecular complexity index is 62.2. The SMILES string of the molecule is O=P([O-])([O-])[O-].[Al+3].[Ca+2].[Zn+2]. The van der Waals surface area contributed by atoms with Gasteiger partial charge < -0.3 is 19.2 Å². The smallest absolute Gasteiger partial charge is 0.822 e. The van der Waals surface area contributed by atoms with Gasteiger partial charge in [-0.1, -0.05) is 0 Å². The molecule has 0 unspecified atom stereocenters. The average molecular weight is 227 g/mol. The Kier molecular flexibility index (Phi) is 26.7. The van der Waals surface area contributed by atoms with Gasteiger partial charge in [-0.15, -0.1) is 0 Å². The Balaban J connectivity index is -0.0000000267. The first kappa shape index (κ1) is 22.4. The van der Waals surface area contributed by atoms with Gasteiger partial charge in [0.25, 0.3) is 0 Å². The van der Waals surface area contributed by atoms with Gasteiger partial charge in [0, 0.05) is 0 Å². The van der Waals surface area contributed by atoms with Gasteiger partial charge in [0.05, 0.1) is 0 Å². The zero-order valence-electron chi connectivity index (χ0n) is 4.07. The van der Waals surface area contributed by atoms with Crippen molar-refractivity contribution in [3.63, 3.8) is 0 Å². The van der Waals surface area contributed by atoms with Crippen molar-refractivity contribution >= 4 is 62.9 Å². The van der Waals surface area contributed by atoms with Crippen LogP contribution in [0.15, 0.2) is 0 Å². The Morgan fingerprint density at radius 1 is 1.12 bits per heavy atom. The van der Waals surface area contributed by atoms with E-state index in [1.54, 1.807) is 0 Å². The molecule has 8 heteroatoms. The summed E-state index contributed by atoms with van der Waals surface area (Å²) >= 11 is 0. The van der Waals surface area contributed by atoms with Crippen molar-refractivity contribution < 1.29 is 38.7 Å². The maximum Gasteiger partial charge on any atom is 3.00 e. The van der Waals surface area contributed by atoms with E-state index in [4.69, 9.17) is 19.2 Å². The third kappa shape index (κ3) is 75.7. The van der Waals surface area contributed by atoms with Gasteiger partial charge in [0.15, 0.2) is 0 Å². The summed E-state index contributed by atoms with van der Waals surface area (Å²) in [6.07, 6.45) is 0. The van der Waals surface area contributed by atoms with Gasteiger partial charge in [-0.3, -0.25) is 0 Å². The molecule has 0 saturated heterocycles. The van der Waals surface area contributed by atoms with Crippen molar-refractivity contribution in [3.05, 3.63) is 0 Å². The molecule has 0 saturated carbocycles. The monoisotopic (exact) mass is 226 g/mol. The summed E-state index contributed by atoms with van der Waals surface area (Å²) in [6.45, 7) is 0. The van der Waals surface area contributed by atoms with Gasteiger partial charge in [-0.2, -0.15) is 7.82 Å². The van der Waals surface area contributed by atoms with E-state index < -0.39 is 7.82 Å². The number of hydrogen-bond acceptors (Lipinski definition) is 4. The first-order valence-electron chi connectivity index (χ1n) is 0.730. The predicted octanol–water partition coefficient (Wildman–Crippen LogP) is -3.59. The summed E-state index contributed by atoms with van der Waals surface area (Å²) in [5, 5.41) is 0. The van der Waals surface area contributed by atoms with Crippen LogP contribution in [-0.4, -0.2) is 55.1 Å². The summed E-state index contributed by atoms with van der Waals surface area (Å²) < 4.78 is 8.55. The van der Waals surface area contributed by atoms with E-state index in [1.807, 2.05) is 0 Å². The second-order valence-corrected chi connectivity index (χ2v) is 1.34. The molecule has 0 atom stereocenters. The van der Waals surface area contributed by atoms with Gasteiger partial charge in [-0.05, 0) is 0 Å². The molecule has 0 rings (SSSR count). The van der Waals surface area contributed by atoms with Crippen LogP contribution < -0.4 is 14.7 Å². The summed E-state index contributed by atoms with van der Waals surface area (Å²) in [7, 11) is -5.39. The third-order valence-corrected chi connectivity index (χ3v) is 0. The Morgan fingerprint density at radius 2 is 1.12 bits per heavy atom. The van der Waals surface area contributed by atoms with Crippen LogP contribution in [0.1, 0.15) is 0 Å². The van der Waals surface area contributed by atoms with Gasteiger partial charge in [0.1, 0.15) is 0 Å². The van der Waals surface area contributed by atoms with Gasteiger partial charge >= 0.3 is 74.6 Å². The van der Waals surface area contributed by atoms with Crippen molar-refractivity contribution in [3.8, 4) is 0 Å². The quantitative estimate of drug-likeness (QED) is 0.316. The topological polar surface area (TPSA) is 86.2 Å². The van der Waals surface area contributed by atoms with Crippen LogP contribution in [0.3, 0.4) is 0 Å². The zero-order valence-corrected chi connectivity index (χ0v) is 11.3. The van der Waals surface area contributed by atoms with Crippen molar-refractivity contribution in [2.24, 2.45) is 0 Å². The molecule has 0 amide bonds. The van der Waals surface area contributed by atoms with Crippen LogP contribution in [0.5, 0.6) is 0 Å². The van der Waals surface area contributed by atoms with Crippen LogP contribution in [0.4, 0.5) is 0 Å². The molecule has 32 valence electrons. The minimum Gasteiger partial charge on any atom is -0.822 e. The third-order valence-electron chi connectivity index (χ3n) is 0. The molecule has 0 aliphatic carbocycles. The second-order valence-electron chi connectivity index (χ2n) is 0.447. The summed E-state index contributed by atoms with van der Waals surface area (Å²) in [5.74, 6) is 0. The molecule has 4 nitrogen and oxygen atoms in total. The molecule has 0 aromatic heterocycles. The maximum absolute atomic E-state index is 8.55. The van der Waals surface area contributed by atoms with Crippen LogP contribution >= 0.6 is 7.82 Å². The molecule has 0 bridgehead atoms. The molecular formula is AlCaO4PZn+4. The Morgan fingerprint density at radius 3 is 1.12 bits per heavy atom. The largest absolute Gasteiger partial charge is 3.00 e. The molecule has 0 heterocycles. The number of hydrogen-bond donors (Lipinski definition) is 0. The van der Waals surface area contributed by atoms with E-state index in [0.29, 0.717) is 0 Å². The zero-order chi connectivity index (χ0) is 4.50. The van der Waals surface area contributed by atoms with E-state index in [0.717, 1.165) is 0 Å². The fourth-order valence-corrected chi connectivity index (χ4v) is 0. The minimum atomic E-state index is -5.39. The normalized spacial score (nSPS) is 7.38. The summed E-state index contributed by atoms with van der Waals surface area (Å²) in [6, 6.07) is 0. The first-order chi connectivity index (χ1) is 2.00. The molecule has 0 radical (unpaired) electrons. The maximum atomic E-state index is 8.55. The fourth-order valence-electron chi connectivity index (χ4n) is 0. The van der Waals surface area contributed by atoms with E-state index in [1.165, 1.54) is 0 Å². The molecule has 0 N–H and O–H groups in total. The molecule has 0 aliphatic rings. The van der Waals surface area contributed by atoms with Crippen LogP contribution in [0, 0.1) is 0 Å². The second kappa shape index (κ2) is 9.53. The molecule has 8 heavy (non-hydrogen) atoms. The van der Waals surface area contributed by atoms with Crippen LogP contribution in [0.2, 0.25) is 0 Å².